The number of nitrogens with one attached hydrogen (secondary N) is 1. The Labute approximate surface area is 104 Å². The number of aryl methyl sites for hydroxylation is 2. The summed E-state index contributed by atoms with van der Waals surface area (Å²) in [4.78, 5) is 0. The van der Waals surface area contributed by atoms with Gasteiger partial charge in [0.15, 0.2) is 0 Å². The van der Waals surface area contributed by atoms with Crippen LogP contribution in [-0.4, -0.2) is 19.2 Å². The van der Waals surface area contributed by atoms with Gasteiger partial charge < -0.3 is 10.1 Å². The van der Waals surface area contributed by atoms with Crippen molar-refractivity contribution in [1.82, 2.24) is 5.32 Å². The van der Waals surface area contributed by atoms with Crippen molar-refractivity contribution in [2.24, 2.45) is 5.92 Å². The molecule has 0 aromatic heterocycles. The van der Waals surface area contributed by atoms with Crippen LogP contribution in [0.15, 0.2) is 18.2 Å². The second-order valence-corrected chi connectivity index (χ2v) is 5.15. The highest BCUT2D eigenvalue weighted by atomic mass is 16.5. The highest BCUT2D eigenvalue weighted by molar-refractivity contribution is 5.39. The summed E-state index contributed by atoms with van der Waals surface area (Å²) in [6, 6.07) is 6.92. The van der Waals surface area contributed by atoms with Crippen molar-refractivity contribution in [2.45, 2.75) is 39.7 Å². The van der Waals surface area contributed by atoms with Crippen LogP contribution in [-0.2, 0) is 0 Å². The standard InChI is InChI=1S/C15H23NO/c1-11-5-4-6-12(2)15(11)17-10-9-16-13(3)14-7-8-14/h4-6,13-14,16H,7-10H2,1-3H3. The average molecular weight is 233 g/mol. The Balaban J connectivity index is 1.74. The molecule has 0 spiro atoms. The summed E-state index contributed by atoms with van der Waals surface area (Å²) in [7, 11) is 0. The van der Waals surface area contributed by atoms with Crippen molar-refractivity contribution >= 4 is 0 Å². The van der Waals surface area contributed by atoms with Crippen molar-refractivity contribution < 1.29 is 4.74 Å². The number of rotatable bonds is 6. The van der Waals surface area contributed by atoms with Crippen LogP contribution < -0.4 is 10.1 Å². The third-order valence-electron chi connectivity index (χ3n) is 3.55. The van der Waals surface area contributed by atoms with Gasteiger partial charge in [0.25, 0.3) is 0 Å². The van der Waals surface area contributed by atoms with E-state index in [0.29, 0.717) is 6.04 Å². The van der Waals surface area contributed by atoms with E-state index in [4.69, 9.17) is 4.74 Å². The maximum atomic E-state index is 5.86. The minimum atomic E-state index is 0.650. The Morgan fingerprint density at radius 1 is 1.29 bits per heavy atom. The molecule has 0 amide bonds. The monoisotopic (exact) mass is 233 g/mol. The third-order valence-corrected chi connectivity index (χ3v) is 3.55. The van der Waals surface area contributed by atoms with Crippen LogP contribution in [0.1, 0.15) is 30.9 Å². The van der Waals surface area contributed by atoms with Crippen molar-refractivity contribution in [1.29, 1.82) is 0 Å². The largest absolute Gasteiger partial charge is 0.492 e. The van der Waals surface area contributed by atoms with E-state index in [2.05, 4.69) is 44.3 Å². The Morgan fingerprint density at radius 3 is 2.53 bits per heavy atom. The molecule has 0 radical (unpaired) electrons. The molecule has 0 saturated heterocycles. The molecule has 1 aromatic rings. The topological polar surface area (TPSA) is 21.3 Å². The minimum absolute atomic E-state index is 0.650. The Bertz CT molecular complexity index is 351. The third kappa shape index (κ3) is 3.47. The zero-order valence-corrected chi connectivity index (χ0v) is 11.1. The van der Waals surface area contributed by atoms with Gasteiger partial charge in [0.1, 0.15) is 12.4 Å². The fourth-order valence-corrected chi connectivity index (χ4v) is 2.23. The zero-order chi connectivity index (χ0) is 12.3. The van der Waals surface area contributed by atoms with Crippen LogP contribution in [0.2, 0.25) is 0 Å². The van der Waals surface area contributed by atoms with E-state index < -0.39 is 0 Å². The fraction of sp³-hybridized carbons (Fsp3) is 0.600. The highest BCUT2D eigenvalue weighted by Crippen LogP contribution is 2.32. The van der Waals surface area contributed by atoms with Crippen LogP contribution in [0, 0.1) is 19.8 Å². The lowest BCUT2D eigenvalue weighted by Crippen LogP contribution is -2.31. The number of para-hydroxylation sites is 1. The molecule has 1 unspecified atom stereocenters. The first-order valence-corrected chi connectivity index (χ1v) is 6.61. The fourth-order valence-electron chi connectivity index (χ4n) is 2.23. The number of hydrogen-bond donors (Lipinski definition) is 1. The highest BCUT2D eigenvalue weighted by Gasteiger charge is 2.27. The second-order valence-electron chi connectivity index (χ2n) is 5.15. The summed E-state index contributed by atoms with van der Waals surface area (Å²) >= 11 is 0. The Morgan fingerprint density at radius 2 is 1.94 bits per heavy atom. The van der Waals surface area contributed by atoms with E-state index >= 15 is 0 Å². The normalized spacial score (nSPS) is 16.9. The van der Waals surface area contributed by atoms with Gasteiger partial charge in [-0.15, -0.1) is 0 Å². The summed E-state index contributed by atoms with van der Waals surface area (Å²) in [6.07, 6.45) is 2.79. The molecule has 2 nitrogen and oxygen atoms in total. The van der Waals surface area contributed by atoms with Gasteiger partial charge in [0.05, 0.1) is 0 Å². The molecule has 0 bridgehead atoms. The Kier molecular flexibility index (Phi) is 4.06. The molecule has 1 atom stereocenters. The molecule has 94 valence electrons. The number of benzene rings is 1. The summed E-state index contributed by atoms with van der Waals surface area (Å²) < 4.78 is 5.86. The minimum Gasteiger partial charge on any atom is -0.492 e. The Hall–Kier alpha value is -1.02. The van der Waals surface area contributed by atoms with Crippen molar-refractivity contribution in [3.63, 3.8) is 0 Å². The van der Waals surface area contributed by atoms with Gasteiger partial charge in [-0.3, -0.25) is 0 Å². The molecule has 0 heterocycles. The molecule has 1 aromatic carbocycles. The summed E-state index contributed by atoms with van der Waals surface area (Å²) in [5.41, 5.74) is 2.44. The molecule has 1 N–H and O–H groups in total. The van der Waals surface area contributed by atoms with E-state index in [0.717, 1.165) is 24.8 Å². The van der Waals surface area contributed by atoms with Crippen LogP contribution in [0.3, 0.4) is 0 Å². The van der Waals surface area contributed by atoms with Gasteiger partial charge in [0, 0.05) is 12.6 Å². The van der Waals surface area contributed by atoms with E-state index in [1.54, 1.807) is 0 Å². The molecule has 2 heteroatoms. The van der Waals surface area contributed by atoms with Gasteiger partial charge >= 0.3 is 0 Å². The maximum Gasteiger partial charge on any atom is 0.125 e. The summed E-state index contributed by atoms with van der Waals surface area (Å²) in [5.74, 6) is 1.96. The molecule has 1 fully saturated rings. The van der Waals surface area contributed by atoms with Crippen LogP contribution >= 0.6 is 0 Å². The van der Waals surface area contributed by atoms with E-state index in [9.17, 15) is 0 Å². The zero-order valence-electron chi connectivity index (χ0n) is 11.1. The second kappa shape index (κ2) is 5.54. The van der Waals surface area contributed by atoms with Crippen LogP contribution in [0.4, 0.5) is 0 Å². The van der Waals surface area contributed by atoms with Crippen molar-refractivity contribution in [2.75, 3.05) is 13.2 Å². The first-order valence-electron chi connectivity index (χ1n) is 6.61. The van der Waals surface area contributed by atoms with Gasteiger partial charge in [-0.1, -0.05) is 18.2 Å². The molecular formula is C15H23NO. The number of hydrogen-bond acceptors (Lipinski definition) is 2. The van der Waals surface area contributed by atoms with Gasteiger partial charge in [0.2, 0.25) is 0 Å². The predicted molar refractivity (Wildman–Crippen MR) is 71.6 cm³/mol. The van der Waals surface area contributed by atoms with E-state index in [1.165, 1.54) is 24.0 Å². The van der Waals surface area contributed by atoms with E-state index in [1.807, 2.05) is 0 Å². The maximum absolute atomic E-state index is 5.86. The van der Waals surface area contributed by atoms with Gasteiger partial charge in [-0.05, 0) is 50.7 Å². The molecule has 1 saturated carbocycles. The number of ether oxygens (including phenoxy) is 1. The first-order chi connectivity index (χ1) is 8.18. The summed E-state index contributed by atoms with van der Waals surface area (Å²) in [5, 5.41) is 3.53. The average Bonchev–Trinajstić information content (AvgIpc) is 3.11. The molecule has 0 aliphatic heterocycles. The smallest absolute Gasteiger partial charge is 0.125 e. The molecule has 17 heavy (non-hydrogen) atoms. The molecular weight excluding hydrogens is 210 g/mol. The van der Waals surface area contributed by atoms with Crippen LogP contribution in [0.25, 0.3) is 0 Å². The van der Waals surface area contributed by atoms with Crippen molar-refractivity contribution in [3.05, 3.63) is 29.3 Å². The van der Waals surface area contributed by atoms with Gasteiger partial charge in [-0.25, -0.2) is 0 Å². The SMILES string of the molecule is Cc1cccc(C)c1OCCNC(C)C1CC1. The predicted octanol–water partition coefficient (Wildman–Crippen LogP) is 3.07. The lowest BCUT2D eigenvalue weighted by atomic mass is 10.1. The van der Waals surface area contributed by atoms with Gasteiger partial charge in [-0.2, -0.15) is 0 Å². The molecule has 2 rings (SSSR count). The quantitative estimate of drug-likeness (QED) is 0.762. The first kappa shape index (κ1) is 12.4. The summed E-state index contributed by atoms with van der Waals surface area (Å²) in [6.45, 7) is 8.16. The lowest BCUT2D eigenvalue weighted by Gasteiger charge is -2.15. The molecule has 1 aliphatic rings. The lowest BCUT2D eigenvalue weighted by molar-refractivity contribution is 0.300. The molecule has 1 aliphatic carbocycles. The van der Waals surface area contributed by atoms with E-state index in [-0.39, 0.29) is 0 Å². The van der Waals surface area contributed by atoms with Crippen LogP contribution in [0.5, 0.6) is 5.75 Å². The van der Waals surface area contributed by atoms with Crippen molar-refractivity contribution in [3.8, 4) is 5.75 Å².